The number of nitrogens with one attached hydrogen (secondary N) is 1. The summed E-state index contributed by atoms with van der Waals surface area (Å²) < 4.78 is 20.3. The van der Waals surface area contributed by atoms with Crippen LogP contribution in [0.3, 0.4) is 0 Å². The molecule has 2 aliphatic rings. The maximum absolute atomic E-state index is 12.7. The van der Waals surface area contributed by atoms with Crippen molar-refractivity contribution in [2.24, 2.45) is 0 Å². The Morgan fingerprint density at radius 1 is 1.27 bits per heavy atom. The van der Waals surface area contributed by atoms with Crippen LogP contribution in [0.4, 0.5) is 0 Å². The smallest absolute Gasteiger partial charge is 0.263 e. The summed E-state index contributed by atoms with van der Waals surface area (Å²) >= 11 is 0. The van der Waals surface area contributed by atoms with Gasteiger partial charge in [-0.05, 0) is 43.0 Å². The number of amides is 1. The Hall–Kier alpha value is -2.18. The summed E-state index contributed by atoms with van der Waals surface area (Å²) in [6.45, 7) is 2.39. The van der Waals surface area contributed by atoms with Crippen LogP contribution in [0, 0.1) is 0 Å². The molecule has 0 radical (unpaired) electrons. The number of hydrogen-bond donors (Lipinski definition) is 2. The summed E-state index contributed by atoms with van der Waals surface area (Å²) in [6.07, 6.45) is 1.79. The van der Waals surface area contributed by atoms with E-state index in [0.717, 1.165) is 29.5 Å². The molecule has 1 aliphatic carbocycles. The number of aliphatic hydroxyl groups is 1. The van der Waals surface area contributed by atoms with E-state index in [9.17, 15) is 14.1 Å². The van der Waals surface area contributed by atoms with Crippen LogP contribution in [0.1, 0.15) is 48.2 Å². The van der Waals surface area contributed by atoms with Crippen molar-refractivity contribution in [1.82, 2.24) is 4.72 Å². The number of aliphatic hydroxyl groups excluding tert-OH is 1. The Kier molecular flexibility index (Phi) is 4.32. The first kappa shape index (κ1) is 17.2. The molecule has 0 bridgehead atoms. The molecule has 1 saturated carbocycles. The molecule has 26 heavy (non-hydrogen) atoms. The zero-order chi connectivity index (χ0) is 18.3. The quantitative estimate of drug-likeness (QED) is 0.866. The summed E-state index contributed by atoms with van der Waals surface area (Å²) in [7, 11) is -1.39. The molecular formula is C20H21NO4S. The normalized spacial score (nSPS) is 21.2. The van der Waals surface area contributed by atoms with E-state index >= 15 is 0 Å². The van der Waals surface area contributed by atoms with Crippen molar-refractivity contribution in [2.75, 3.05) is 6.61 Å². The van der Waals surface area contributed by atoms with Crippen molar-refractivity contribution in [3.8, 4) is 16.9 Å². The van der Waals surface area contributed by atoms with Crippen LogP contribution in [0.15, 0.2) is 42.5 Å². The molecule has 1 heterocycles. The van der Waals surface area contributed by atoms with Crippen molar-refractivity contribution >= 4 is 16.9 Å². The Labute approximate surface area is 155 Å². The standard InChI is InChI=1S/C20H21NO4S/c1-20(9-10-20)26(24)21-19(23)15-5-3-2-4-14(15)13-6-7-16-17(22)8-11-25-18(16)12-13/h2-7,12,17,22H,8-11H2,1H3,(H,21,23). The Morgan fingerprint density at radius 3 is 2.81 bits per heavy atom. The van der Waals surface area contributed by atoms with Crippen molar-refractivity contribution in [3.63, 3.8) is 0 Å². The maximum atomic E-state index is 12.7. The van der Waals surface area contributed by atoms with Gasteiger partial charge >= 0.3 is 0 Å². The molecule has 1 aliphatic heterocycles. The SMILES string of the molecule is CC1(S(=O)NC(=O)c2ccccc2-c2ccc3c(c2)OCCC3O)CC1. The molecule has 2 unspecified atom stereocenters. The molecule has 2 aromatic carbocycles. The van der Waals surface area contributed by atoms with Crippen molar-refractivity contribution < 1.29 is 18.8 Å². The van der Waals surface area contributed by atoms with Gasteiger partial charge in [-0.2, -0.15) is 0 Å². The molecule has 2 atom stereocenters. The van der Waals surface area contributed by atoms with E-state index in [0.29, 0.717) is 24.3 Å². The van der Waals surface area contributed by atoms with Crippen LogP contribution < -0.4 is 9.46 Å². The number of carbonyl (C=O) groups excluding carboxylic acids is 1. The zero-order valence-corrected chi connectivity index (χ0v) is 15.3. The van der Waals surface area contributed by atoms with Gasteiger partial charge in [-0.25, -0.2) is 4.21 Å². The summed E-state index contributed by atoms with van der Waals surface area (Å²) in [5.41, 5.74) is 2.81. The van der Waals surface area contributed by atoms with E-state index in [-0.39, 0.29) is 10.7 Å². The number of ether oxygens (including phenoxy) is 1. The topological polar surface area (TPSA) is 75.6 Å². The van der Waals surface area contributed by atoms with Crippen LogP contribution in [-0.2, 0) is 11.0 Å². The third kappa shape index (κ3) is 3.15. The van der Waals surface area contributed by atoms with Crippen LogP contribution in [0.25, 0.3) is 11.1 Å². The predicted octanol–water partition coefficient (Wildman–Crippen LogP) is 3.12. The first-order chi connectivity index (χ1) is 12.5. The molecule has 1 fully saturated rings. The van der Waals surface area contributed by atoms with E-state index in [1.165, 1.54) is 0 Å². The molecule has 0 spiro atoms. The molecule has 0 aromatic heterocycles. The monoisotopic (exact) mass is 371 g/mol. The second kappa shape index (κ2) is 6.52. The number of carbonyl (C=O) groups is 1. The van der Waals surface area contributed by atoms with E-state index in [2.05, 4.69) is 4.72 Å². The van der Waals surface area contributed by atoms with Gasteiger partial charge in [-0.3, -0.25) is 9.52 Å². The highest BCUT2D eigenvalue weighted by Gasteiger charge is 2.44. The lowest BCUT2D eigenvalue weighted by molar-refractivity contribution is 0.0983. The van der Waals surface area contributed by atoms with Gasteiger partial charge in [-0.1, -0.05) is 30.3 Å². The predicted molar refractivity (Wildman–Crippen MR) is 100 cm³/mol. The lowest BCUT2D eigenvalue weighted by Crippen LogP contribution is -2.33. The van der Waals surface area contributed by atoms with E-state index < -0.39 is 17.1 Å². The maximum Gasteiger partial charge on any atom is 0.263 e. The molecule has 6 heteroatoms. The Morgan fingerprint density at radius 2 is 2.04 bits per heavy atom. The molecule has 136 valence electrons. The zero-order valence-electron chi connectivity index (χ0n) is 14.5. The van der Waals surface area contributed by atoms with Crippen LogP contribution >= 0.6 is 0 Å². The third-order valence-corrected chi connectivity index (χ3v) is 6.77. The summed E-state index contributed by atoms with van der Waals surface area (Å²) in [5.74, 6) is 0.302. The first-order valence-corrected chi connectivity index (χ1v) is 9.90. The number of fused-ring (bicyclic) bond motifs is 1. The lowest BCUT2D eigenvalue weighted by atomic mass is 9.95. The number of hydrogen-bond acceptors (Lipinski definition) is 4. The second-order valence-corrected chi connectivity index (χ2v) is 8.83. The highest BCUT2D eigenvalue weighted by molar-refractivity contribution is 7.85. The van der Waals surface area contributed by atoms with Gasteiger partial charge in [-0.15, -0.1) is 0 Å². The Balaban J connectivity index is 1.66. The van der Waals surface area contributed by atoms with Crippen LogP contribution in [0.2, 0.25) is 0 Å². The van der Waals surface area contributed by atoms with E-state index in [1.807, 2.05) is 37.3 Å². The van der Waals surface area contributed by atoms with Crippen LogP contribution in [-0.4, -0.2) is 26.6 Å². The fourth-order valence-electron chi connectivity index (χ4n) is 3.09. The summed E-state index contributed by atoms with van der Waals surface area (Å²) in [6, 6.07) is 12.8. The average molecular weight is 371 g/mol. The molecule has 1 amide bonds. The largest absolute Gasteiger partial charge is 0.493 e. The number of rotatable bonds is 4. The fourth-order valence-corrected chi connectivity index (χ4v) is 4.09. The summed E-state index contributed by atoms with van der Waals surface area (Å²) in [4.78, 5) is 12.7. The molecule has 4 rings (SSSR count). The third-order valence-electron chi connectivity index (χ3n) is 5.09. The highest BCUT2D eigenvalue weighted by atomic mass is 32.2. The molecular weight excluding hydrogens is 350 g/mol. The average Bonchev–Trinajstić information content (AvgIpc) is 3.40. The van der Waals surface area contributed by atoms with Gasteiger partial charge in [0.2, 0.25) is 0 Å². The van der Waals surface area contributed by atoms with Crippen molar-refractivity contribution in [1.29, 1.82) is 0 Å². The molecule has 5 nitrogen and oxygen atoms in total. The second-order valence-electron chi connectivity index (χ2n) is 7.10. The van der Waals surface area contributed by atoms with Crippen molar-refractivity contribution in [2.45, 2.75) is 37.0 Å². The molecule has 0 saturated heterocycles. The molecule has 2 aromatic rings. The van der Waals surface area contributed by atoms with Crippen LogP contribution in [0.5, 0.6) is 5.75 Å². The van der Waals surface area contributed by atoms with Crippen molar-refractivity contribution in [3.05, 3.63) is 53.6 Å². The molecule has 2 N–H and O–H groups in total. The minimum Gasteiger partial charge on any atom is -0.493 e. The van der Waals surface area contributed by atoms with Gasteiger partial charge in [0.15, 0.2) is 0 Å². The first-order valence-electron chi connectivity index (χ1n) is 8.75. The summed E-state index contributed by atoms with van der Waals surface area (Å²) in [5, 5.41) is 10.1. The number of benzene rings is 2. The van der Waals surface area contributed by atoms with E-state index in [1.54, 1.807) is 12.1 Å². The Bertz CT molecular complexity index is 891. The van der Waals surface area contributed by atoms with Gasteiger partial charge in [0.25, 0.3) is 5.91 Å². The minimum atomic E-state index is -1.39. The fraction of sp³-hybridized carbons (Fsp3) is 0.350. The van der Waals surface area contributed by atoms with E-state index in [4.69, 9.17) is 4.74 Å². The van der Waals surface area contributed by atoms with Gasteiger partial charge in [0, 0.05) is 17.5 Å². The van der Waals surface area contributed by atoms with Gasteiger partial charge < -0.3 is 9.84 Å². The van der Waals surface area contributed by atoms with Gasteiger partial charge in [0.1, 0.15) is 16.7 Å². The van der Waals surface area contributed by atoms with Gasteiger partial charge in [0.05, 0.1) is 17.5 Å². The highest BCUT2D eigenvalue weighted by Crippen LogP contribution is 2.40. The minimum absolute atomic E-state index is 0.291. The lowest BCUT2D eigenvalue weighted by Gasteiger charge is -2.23.